The van der Waals surface area contributed by atoms with Crippen LogP contribution in [0.1, 0.15) is 13.3 Å². The van der Waals surface area contributed by atoms with Crippen LogP contribution in [0.3, 0.4) is 0 Å². The van der Waals surface area contributed by atoms with Crippen molar-refractivity contribution in [3.8, 4) is 5.75 Å². The van der Waals surface area contributed by atoms with Gasteiger partial charge in [0.1, 0.15) is 11.6 Å². The second kappa shape index (κ2) is 9.01. The van der Waals surface area contributed by atoms with Crippen LogP contribution in [0.15, 0.2) is 24.3 Å². The fourth-order valence-corrected chi connectivity index (χ4v) is 0.751. The Morgan fingerprint density at radius 2 is 1.60 bits per heavy atom. The molecule has 3 heteroatoms. The van der Waals surface area contributed by atoms with E-state index in [-0.39, 0.29) is 5.82 Å². The molecule has 0 amide bonds. The fraction of sp³-hybridized carbons (Fsp3) is 0.500. The van der Waals surface area contributed by atoms with Gasteiger partial charge < -0.3 is 4.74 Å². The van der Waals surface area contributed by atoms with Gasteiger partial charge in [0.2, 0.25) is 0 Å². The molecule has 1 aromatic carbocycles. The van der Waals surface area contributed by atoms with Crippen molar-refractivity contribution in [1.82, 2.24) is 0 Å². The number of halogens is 1. The molecule has 0 aliphatic carbocycles. The molecule has 0 N–H and O–H groups in total. The van der Waals surface area contributed by atoms with Gasteiger partial charge in [-0.15, -0.1) is 0 Å². The number of rotatable bonds is 3. The summed E-state index contributed by atoms with van der Waals surface area (Å²) in [7, 11) is 0. The first-order valence-corrected chi connectivity index (χ1v) is 15.3. The van der Waals surface area contributed by atoms with Crippen molar-refractivity contribution >= 4 is 19.8 Å². The molecule has 0 unspecified atom stereocenters. The maximum atomic E-state index is 12.4. The summed E-state index contributed by atoms with van der Waals surface area (Å²) in [5.41, 5.74) is 0. The summed E-state index contributed by atoms with van der Waals surface area (Å²) < 4.78 is 17.6. The predicted molar refractivity (Wildman–Crippen MR) is 66.9 cm³/mol. The summed E-state index contributed by atoms with van der Waals surface area (Å²) >= 11 is -0.637. The van der Waals surface area contributed by atoms with E-state index < -0.39 is 19.8 Å². The van der Waals surface area contributed by atoms with Crippen molar-refractivity contribution < 1.29 is 9.13 Å². The number of hydrogen-bond donors (Lipinski definition) is 0. The van der Waals surface area contributed by atoms with Crippen LogP contribution in [0.25, 0.3) is 0 Å². The van der Waals surface area contributed by atoms with Crippen LogP contribution in [0.2, 0.25) is 14.8 Å². The zero-order chi connectivity index (χ0) is 11.7. The Hall–Kier alpha value is -0.251. The predicted octanol–water partition coefficient (Wildman–Crippen LogP) is 3.72. The number of ether oxygens (including phenoxy) is 1. The summed E-state index contributed by atoms with van der Waals surface area (Å²) in [5.74, 6) is 0.502. The molecule has 86 valence electrons. The van der Waals surface area contributed by atoms with E-state index in [1.54, 1.807) is 12.1 Å². The van der Waals surface area contributed by atoms with E-state index in [0.717, 1.165) is 12.2 Å². The second-order valence-electron chi connectivity index (χ2n) is 4.03. The molecule has 0 atom stereocenters. The zero-order valence-corrected chi connectivity index (χ0v) is 13.4. The average molecular weight is 319 g/mol. The first-order valence-electron chi connectivity index (χ1n) is 5.44. The average Bonchev–Trinajstić information content (AvgIpc) is 2.16. The molecule has 0 aliphatic rings. The van der Waals surface area contributed by atoms with Crippen LogP contribution in [0.5, 0.6) is 5.75 Å². The molecule has 0 radical (unpaired) electrons. The molecule has 0 saturated heterocycles. The Balaban J connectivity index is 0.000000423. The van der Waals surface area contributed by atoms with Crippen molar-refractivity contribution in [3.63, 3.8) is 0 Å². The third-order valence-corrected chi connectivity index (χ3v) is 1.29. The van der Waals surface area contributed by atoms with Gasteiger partial charge in [-0.1, -0.05) is 6.92 Å². The van der Waals surface area contributed by atoms with Gasteiger partial charge in [0.15, 0.2) is 0 Å². The van der Waals surface area contributed by atoms with Gasteiger partial charge in [0.05, 0.1) is 6.61 Å². The van der Waals surface area contributed by atoms with Gasteiger partial charge in [-0.2, -0.15) is 0 Å². The van der Waals surface area contributed by atoms with Crippen molar-refractivity contribution in [2.45, 2.75) is 28.2 Å². The summed E-state index contributed by atoms with van der Waals surface area (Å²) in [6, 6.07) is 6.05. The van der Waals surface area contributed by atoms with Gasteiger partial charge in [0.25, 0.3) is 0 Å². The van der Waals surface area contributed by atoms with E-state index in [4.69, 9.17) is 4.74 Å². The molecule has 0 heterocycles. The van der Waals surface area contributed by atoms with Crippen molar-refractivity contribution in [2.24, 2.45) is 0 Å². The number of hydrogen-bond acceptors (Lipinski definition) is 1. The summed E-state index contributed by atoms with van der Waals surface area (Å²) in [6.45, 7) is 2.72. The SMILES string of the molecule is CCCOc1ccc(F)cc1.[CH3][SnH]([CH3])[CH3]. The topological polar surface area (TPSA) is 9.23 Å². The molecule has 0 spiro atoms. The molecule has 1 aromatic rings. The van der Waals surface area contributed by atoms with Crippen LogP contribution in [-0.2, 0) is 0 Å². The van der Waals surface area contributed by atoms with Crippen molar-refractivity contribution in [2.75, 3.05) is 6.61 Å². The first kappa shape index (κ1) is 14.7. The summed E-state index contributed by atoms with van der Waals surface area (Å²) in [4.78, 5) is 7.13. The number of benzene rings is 1. The van der Waals surface area contributed by atoms with E-state index in [0.29, 0.717) is 6.61 Å². The van der Waals surface area contributed by atoms with E-state index in [1.807, 2.05) is 6.92 Å². The van der Waals surface area contributed by atoms with Gasteiger partial charge in [0, 0.05) is 0 Å². The third kappa shape index (κ3) is 10.0. The molecule has 0 bridgehead atoms. The van der Waals surface area contributed by atoms with E-state index in [9.17, 15) is 4.39 Å². The minimum absolute atomic E-state index is 0.228. The quantitative estimate of drug-likeness (QED) is 0.772. The van der Waals surface area contributed by atoms with Crippen LogP contribution in [0.4, 0.5) is 4.39 Å². The molecule has 0 aliphatic heterocycles. The monoisotopic (exact) mass is 320 g/mol. The zero-order valence-electron chi connectivity index (χ0n) is 10.1. The second-order valence-corrected chi connectivity index (χ2v) is 13.9. The molecule has 0 fully saturated rings. The molecule has 1 nitrogen and oxygen atoms in total. The third-order valence-electron chi connectivity index (χ3n) is 1.29. The van der Waals surface area contributed by atoms with E-state index in [2.05, 4.69) is 14.8 Å². The normalized spacial score (nSPS) is 9.47. The van der Waals surface area contributed by atoms with E-state index >= 15 is 0 Å². The molecule has 1 rings (SSSR count). The van der Waals surface area contributed by atoms with Gasteiger partial charge in [-0.25, -0.2) is 4.39 Å². The van der Waals surface area contributed by atoms with Crippen molar-refractivity contribution in [1.29, 1.82) is 0 Å². The fourth-order valence-electron chi connectivity index (χ4n) is 0.751. The molecule has 15 heavy (non-hydrogen) atoms. The molecular weight excluding hydrogens is 298 g/mol. The van der Waals surface area contributed by atoms with Crippen LogP contribution < -0.4 is 4.74 Å². The Bertz CT molecular complexity index is 244. The standard InChI is InChI=1S/C9H11FO.3CH3.Sn.H/c1-2-7-11-9-5-3-8(10)4-6-9;;;;;/h3-6H,2,7H2,1H3;3*1H3;;. The Kier molecular flexibility index (Phi) is 8.86. The van der Waals surface area contributed by atoms with Crippen LogP contribution in [-0.4, -0.2) is 26.4 Å². The van der Waals surface area contributed by atoms with E-state index in [1.165, 1.54) is 12.1 Å². The molecular formula is C12H21FOSn. The van der Waals surface area contributed by atoms with Crippen molar-refractivity contribution in [3.05, 3.63) is 30.1 Å². The van der Waals surface area contributed by atoms with Gasteiger partial charge >= 0.3 is 34.6 Å². The van der Waals surface area contributed by atoms with Gasteiger partial charge in [-0.3, -0.25) is 0 Å². The first-order chi connectivity index (χ1) is 7.06. The minimum atomic E-state index is -0.637. The summed E-state index contributed by atoms with van der Waals surface area (Å²) in [5, 5.41) is 0. The van der Waals surface area contributed by atoms with Crippen LogP contribution >= 0.6 is 0 Å². The summed E-state index contributed by atoms with van der Waals surface area (Å²) in [6.07, 6.45) is 0.970. The van der Waals surface area contributed by atoms with Gasteiger partial charge in [-0.05, 0) is 30.7 Å². The van der Waals surface area contributed by atoms with Crippen LogP contribution in [0, 0.1) is 5.82 Å². The Morgan fingerprint density at radius 3 is 2.00 bits per heavy atom. The Morgan fingerprint density at radius 1 is 1.13 bits per heavy atom. The Labute approximate surface area is 99.4 Å². The molecule has 0 saturated carbocycles. The maximum absolute atomic E-state index is 12.4. The molecule has 0 aromatic heterocycles.